The number of hydrogen-bond donors (Lipinski definition) is 2. The van der Waals surface area contributed by atoms with Crippen LogP contribution in [-0.4, -0.2) is 33.1 Å². The number of carbonyl (C=O) groups excluding carboxylic acids is 1. The number of rotatable bonds is 3. The molecule has 1 fully saturated rings. The molecule has 0 saturated heterocycles. The van der Waals surface area contributed by atoms with Crippen molar-refractivity contribution in [3.05, 3.63) is 29.7 Å². The number of nitrogens with one attached hydrogen (secondary N) is 1. The van der Waals surface area contributed by atoms with Crippen molar-refractivity contribution in [3.63, 3.8) is 0 Å². The lowest BCUT2D eigenvalue weighted by Crippen LogP contribution is -2.44. The second-order valence-electron chi connectivity index (χ2n) is 5.76. The van der Waals surface area contributed by atoms with Crippen LogP contribution in [0.15, 0.2) is 18.5 Å². The topological polar surface area (TPSA) is 85.3 Å². The zero-order valence-corrected chi connectivity index (χ0v) is 13.5. The molecule has 3 N–H and O–H groups in total. The molecule has 1 amide bonds. The van der Waals surface area contributed by atoms with E-state index < -0.39 is 0 Å². The predicted molar refractivity (Wildman–Crippen MR) is 87.2 cm³/mol. The molecule has 1 aliphatic carbocycles. The fraction of sp³-hybridized carbons (Fsp3) is 0.533. The van der Waals surface area contributed by atoms with Gasteiger partial charge in [0.05, 0.1) is 6.20 Å². The highest BCUT2D eigenvalue weighted by atomic mass is 35.5. The van der Waals surface area contributed by atoms with Crippen molar-refractivity contribution in [1.29, 1.82) is 0 Å². The Kier molecular flexibility index (Phi) is 5.37. The summed E-state index contributed by atoms with van der Waals surface area (Å²) in [6, 6.07) is 2.03. The van der Waals surface area contributed by atoms with Crippen LogP contribution in [-0.2, 0) is 0 Å². The molecule has 22 heavy (non-hydrogen) atoms. The van der Waals surface area contributed by atoms with Crippen LogP contribution >= 0.6 is 12.4 Å². The number of halogens is 1. The van der Waals surface area contributed by atoms with Crippen LogP contribution in [0, 0.1) is 12.8 Å². The summed E-state index contributed by atoms with van der Waals surface area (Å²) in [5, 5.41) is 7.30. The van der Waals surface area contributed by atoms with E-state index in [1.54, 1.807) is 10.7 Å². The van der Waals surface area contributed by atoms with Crippen LogP contribution < -0.4 is 11.1 Å². The molecule has 0 aliphatic heterocycles. The van der Waals surface area contributed by atoms with E-state index in [1.807, 2.05) is 19.2 Å². The molecule has 0 bridgehead atoms. The first-order chi connectivity index (χ1) is 10.2. The molecule has 2 unspecified atom stereocenters. The van der Waals surface area contributed by atoms with Gasteiger partial charge >= 0.3 is 0 Å². The number of carbonyl (C=O) groups is 1. The van der Waals surface area contributed by atoms with Gasteiger partial charge in [-0.25, -0.2) is 9.50 Å². The summed E-state index contributed by atoms with van der Waals surface area (Å²) in [4.78, 5) is 16.9. The first-order valence-corrected chi connectivity index (χ1v) is 7.51. The minimum absolute atomic E-state index is 0. The quantitative estimate of drug-likeness (QED) is 0.900. The van der Waals surface area contributed by atoms with Crippen molar-refractivity contribution in [2.24, 2.45) is 11.7 Å². The lowest BCUT2D eigenvalue weighted by Gasteiger charge is -2.31. The molecule has 2 aromatic rings. The number of nitrogens with zero attached hydrogens (tertiary/aromatic N) is 3. The molecule has 0 radical (unpaired) electrons. The second kappa shape index (κ2) is 7.07. The van der Waals surface area contributed by atoms with Crippen molar-refractivity contribution in [1.82, 2.24) is 19.9 Å². The van der Waals surface area contributed by atoms with E-state index in [-0.39, 0.29) is 24.4 Å². The van der Waals surface area contributed by atoms with E-state index in [4.69, 9.17) is 5.73 Å². The summed E-state index contributed by atoms with van der Waals surface area (Å²) in [6.45, 7) is 2.53. The summed E-state index contributed by atoms with van der Waals surface area (Å²) in [6.07, 6.45) is 7.83. The number of aryl methyl sites for hydroxylation is 1. The fourth-order valence-electron chi connectivity index (χ4n) is 3.05. The van der Waals surface area contributed by atoms with E-state index in [0.29, 0.717) is 23.7 Å². The number of aromatic nitrogens is 3. The molecule has 3 rings (SSSR count). The third kappa shape index (κ3) is 3.23. The Morgan fingerprint density at radius 3 is 3.00 bits per heavy atom. The summed E-state index contributed by atoms with van der Waals surface area (Å²) >= 11 is 0. The zero-order valence-electron chi connectivity index (χ0n) is 12.7. The highest BCUT2D eigenvalue weighted by Gasteiger charge is 2.26. The van der Waals surface area contributed by atoms with Gasteiger partial charge in [-0.3, -0.25) is 4.79 Å². The first-order valence-electron chi connectivity index (χ1n) is 7.51. The zero-order chi connectivity index (χ0) is 14.8. The van der Waals surface area contributed by atoms with Gasteiger partial charge in [-0.2, -0.15) is 5.10 Å². The Balaban J connectivity index is 0.00000176. The number of nitrogens with two attached hydrogens (primary N) is 1. The molecule has 2 atom stereocenters. The van der Waals surface area contributed by atoms with Gasteiger partial charge in [0.25, 0.3) is 5.91 Å². The molecule has 1 aliphatic rings. The summed E-state index contributed by atoms with van der Waals surface area (Å²) in [5.74, 6) is 0.271. The van der Waals surface area contributed by atoms with Crippen molar-refractivity contribution >= 4 is 24.0 Å². The minimum Gasteiger partial charge on any atom is -0.349 e. The van der Waals surface area contributed by atoms with Gasteiger partial charge in [0.1, 0.15) is 5.56 Å². The third-order valence-corrected chi connectivity index (χ3v) is 4.28. The minimum atomic E-state index is -0.103. The maximum absolute atomic E-state index is 12.5. The Morgan fingerprint density at radius 2 is 2.23 bits per heavy atom. The van der Waals surface area contributed by atoms with Crippen molar-refractivity contribution in [2.75, 3.05) is 6.54 Å². The number of hydrogen-bond acceptors (Lipinski definition) is 4. The van der Waals surface area contributed by atoms with E-state index >= 15 is 0 Å². The van der Waals surface area contributed by atoms with Crippen molar-refractivity contribution in [3.8, 4) is 0 Å². The van der Waals surface area contributed by atoms with Gasteiger partial charge in [-0.05, 0) is 38.3 Å². The standard InChI is InChI=1S/C15H21N5O.ClH/c1-10-6-7-20-14(18-10)12(9-17-20)15(21)19-13-5-3-2-4-11(13)8-16;/h6-7,9,11,13H,2-5,8,16H2,1H3,(H,19,21);1H. The molecule has 0 spiro atoms. The highest BCUT2D eigenvalue weighted by Crippen LogP contribution is 2.24. The molecule has 2 heterocycles. The Labute approximate surface area is 135 Å². The molecule has 2 aromatic heterocycles. The lowest BCUT2D eigenvalue weighted by atomic mass is 9.84. The molecular weight excluding hydrogens is 302 g/mol. The van der Waals surface area contributed by atoms with Gasteiger partial charge in [0.2, 0.25) is 0 Å². The van der Waals surface area contributed by atoms with Gasteiger partial charge in [-0.15, -0.1) is 12.4 Å². The first kappa shape index (κ1) is 16.7. The van der Waals surface area contributed by atoms with Gasteiger partial charge < -0.3 is 11.1 Å². The van der Waals surface area contributed by atoms with Gasteiger partial charge in [-0.1, -0.05) is 12.8 Å². The summed E-state index contributed by atoms with van der Waals surface area (Å²) < 4.78 is 1.63. The largest absolute Gasteiger partial charge is 0.349 e. The lowest BCUT2D eigenvalue weighted by molar-refractivity contribution is 0.0909. The Hall–Kier alpha value is -1.66. The Morgan fingerprint density at radius 1 is 1.45 bits per heavy atom. The number of fused-ring (bicyclic) bond motifs is 1. The van der Waals surface area contributed by atoms with E-state index in [0.717, 1.165) is 25.0 Å². The van der Waals surface area contributed by atoms with Crippen molar-refractivity contribution < 1.29 is 4.79 Å². The summed E-state index contributed by atoms with van der Waals surface area (Å²) in [7, 11) is 0. The molecule has 1 saturated carbocycles. The molecule has 6 nitrogen and oxygen atoms in total. The predicted octanol–water partition coefficient (Wildman–Crippen LogP) is 1.71. The third-order valence-electron chi connectivity index (χ3n) is 4.28. The average molecular weight is 324 g/mol. The maximum Gasteiger partial charge on any atom is 0.256 e. The van der Waals surface area contributed by atoms with Crippen LogP contribution in [0.3, 0.4) is 0 Å². The van der Waals surface area contributed by atoms with Crippen molar-refractivity contribution in [2.45, 2.75) is 38.6 Å². The fourth-order valence-corrected chi connectivity index (χ4v) is 3.05. The van der Waals surface area contributed by atoms with Crippen LogP contribution in [0.1, 0.15) is 41.7 Å². The summed E-state index contributed by atoms with van der Waals surface area (Å²) in [5.41, 5.74) is 7.82. The molecule has 0 aromatic carbocycles. The van der Waals surface area contributed by atoms with Gasteiger partial charge in [0.15, 0.2) is 5.65 Å². The average Bonchev–Trinajstić information content (AvgIpc) is 2.90. The van der Waals surface area contributed by atoms with Gasteiger partial charge in [0, 0.05) is 17.9 Å². The van der Waals surface area contributed by atoms with E-state index in [2.05, 4.69) is 15.4 Å². The number of amides is 1. The smallest absolute Gasteiger partial charge is 0.256 e. The molecule has 7 heteroatoms. The van der Waals surface area contributed by atoms with E-state index in [1.165, 1.54) is 6.42 Å². The molecule has 120 valence electrons. The van der Waals surface area contributed by atoms with E-state index in [9.17, 15) is 4.79 Å². The Bertz CT molecular complexity index is 656. The molecular formula is C15H22ClN5O. The maximum atomic E-state index is 12.5. The second-order valence-corrected chi connectivity index (χ2v) is 5.76. The SMILES string of the molecule is Cc1ccn2ncc(C(=O)NC3CCCCC3CN)c2n1.Cl. The van der Waals surface area contributed by atoms with Crippen LogP contribution in [0.25, 0.3) is 5.65 Å². The monoisotopic (exact) mass is 323 g/mol. The highest BCUT2D eigenvalue weighted by molar-refractivity contribution is 5.99. The normalized spacial score (nSPS) is 21.4. The van der Waals surface area contributed by atoms with Crippen LogP contribution in [0.5, 0.6) is 0 Å². The van der Waals surface area contributed by atoms with Crippen LogP contribution in [0.4, 0.5) is 0 Å². The van der Waals surface area contributed by atoms with Crippen LogP contribution in [0.2, 0.25) is 0 Å².